The van der Waals surface area contributed by atoms with E-state index >= 15 is 0 Å². The quantitative estimate of drug-likeness (QED) is 0.918. The molecule has 2 saturated heterocycles. The van der Waals surface area contributed by atoms with Crippen LogP contribution in [0, 0.1) is 5.92 Å². The molecule has 2 amide bonds. The van der Waals surface area contributed by atoms with Crippen LogP contribution in [0.2, 0.25) is 0 Å². The monoisotopic (exact) mass is 342 g/mol. The van der Waals surface area contributed by atoms with Crippen LogP contribution in [0.5, 0.6) is 5.75 Å². The van der Waals surface area contributed by atoms with Crippen molar-refractivity contribution in [3.8, 4) is 5.75 Å². The number of aryl methyl sites for hydroxylation is 1. The number of rotatable bonds is 3. The Morgan fingerprint density at radius 1 is 1.24 bits per heavy atom. The number of hydrogen-bond donors (Lipinski definition) is 1. The lowest BCUT2D eigenvalue weighted by molar-refractivity contribution is -0.141. The molecule has 1 saturated carbocycles. The average molecular weight is 342 g/mol. The molecule has 2 atom stereocenters. The average Bonchev–Trinajstić information content (AvgIpc) is 3.45. The highest BCUT2D eigenvalue weighted by atomic mass is 16.3. The van der Waals surface area contributed by atoms with Crippen LogP contribution in [0.25, 0.3) is 0 Å². The molecule has 2 heterocycles. The van der Waals surface area contributed by atoms with Crippen molar-refractivity contribution in [1.82, 2.24) is 9.80 Å². The Labute approximate surface area is 148 Å². The maximum atomic E-state index is 12.9. The minimum Gasteiger partial charge on any atom is -0.507 e. The predicted molar refractivity (Wildman–Crippen MR) is 94.4 cm³/mol. The summed E-state index contributed by atoms with van der Waals surface area (Å²) in [5.74, 6) is 0.655. The summed E-state index contributed by atoms with van der Waals surface area (Å²) in [6.45, 7) is 3.37. The van der Waals surface area contributed by atoms with Crippen molar-refractivity contribution in [3.05, 3.63) is 29.3 Å². The van der Waals surface area contributed by atoms with E-state index in [1.54, 1.807) is 12.1 Å². The Bertz CT molecular complexity index is 698. The Morgan fingerprint density at radius 2 is 2.04 bits per heavy atom. The molecule has 5 heteroatoms. The fourth-order valence-corrected chi connectivity index (χ4v) is 4.45. The first-order valence-corrected chi connectivity index (χ1v) is 9.50. The van der Waals surface area contributed by atoms with Crippen LogP contribution in [0.4, 0.5) is 0 Å². The topological polar surface area (TPSA) is 60.9 Å². The zero-order valence-electron chi connectivity index (χ0n) is 14.8. The molecule has 5 nitrogen and oxygen atoms in total. The van der Waals surface area contributed by atoms with E-state index in [4.69, 9.17) is 0 Å². The number of likely N-dealkylation sites (tertiary alicyclic amines) is 2. The molecular weight excluding hydrogens is 316 g/mol. The van der Waals surface area contributed by atoms with Gasteiger partial charge in [-0.2, -0.15) is 0 Å². The van der Waals surface area contributed by atoms with Crippen LogP contribution in [0.15, 0.2) is 18.2 Å². The molecular formula is C20H26N2O3. The predicted octanol–water partition coefficient (Wildman–Crippen LogP) is 2.57. The summed E-state index contributed by atoms with van der Waals surface area (Å²) < 4.78 is 0. The summed E-state index contributed by atoms with van der Waals surface area (Å²) in [4.78, 5) is 29.1. The summed E-state index contributed by atoms with van der Waals surface area (Å²) in [6, 6.07) is 6.09. The molecule has 134 valence electrons. The van der Waals surface area contributed by atoms with E-state index in [0.29, 0.717) is 49.0 Å². The molecule has 1 aromatic rings. The van der Waals surface area contributed by atoms with Gasteiger partial charge in [0.05, 0.1) is 5.56 Å². The van der Waals surface area contributed by atoms with Gasteiger partial charge in [-0.25, -0.2) is 0 Å². The first kappa shape index (κ1) is 16.4. The molecule has 1 N–H and O–H groups in total. The van der Waals surface area contributed by atoms with Gasteiger partial charge in [-0.15, -0.1) is 0 Å². The number of phenolic OH excluding ortho intramolecular Hbond substituents is 1. The number of carbonyl (C=O) groups is 2. The Balaban J connectivity index is 1.48. The number of phenols is 1. The van der Waals surface area contributed by atoms with E-state index in [9.17, 15) is 14.7 Å². The van der Waals surface area contributed by atoms with E-state index in [2.05, 4.69) is 4.90 Å². The fourth-order valence-electron chi connectivity index (χ4n) is 4.45. The highest BCUT2D eigenvalue weighted by molar-refractivity contribution is 5.97. The van der Waals surface area contributed by atoms with Crippen LogP contribution in [0.1, 0.15) is 54.9 Å². The molecule has 4 rings (SSSR count). The minimum absolute atomic E-state index is 0.0740. The van der Waals surface area contributed by atoms with Crippen LogP contribution in [0.3, 0.4) is 0 Å². The lowest BCUT2D eigenvalue weighted by atomic mass is 9.83. The van der Waals surface area contributed by atoms with Crippen molar-refractivity contribution in [2.45, 2.75) is 57.5 Å². The molecule has 0 aromatic heterocycles. The lowest BCUT2D eigenvalue weighted by Crippen LogP contribution is -2.57. The van der Waals surface area contributed by atoms with E-state index < -0.39 is 0 Å². The number of carbonyl (C=O) groups excluding carboxylic acids is 2. The van der Waals surface area contributed by atoms with Crippen molar-refractivity contribution < 1.29 is 14.7 Å². The maximum absolute atomic E-state index is 12.9. The molecule has 3 aliphatic rings. The van der Waals surface area contributed by atoms with Crippen LogP contribution in [-0.2, 0) is 11.2 Å². The molecule has 0 spiro atoms. The number of aromatic hydroxyl groups is 1. The van der Waals surface area contributed by atoms with Crippen molar-refractivity contribution in [3.63, 3.8) is 0 Å². The molecule has 2 aliphatic heterocycles. The smallest absolute Gasteiger partial charge is 0.257 e. The highest BCUT2D eigenvalue weighted by Gasteiger charge is 2.45. The van der Waals surface area contributed by atoms with E-state index in [-0.39, 0.29) is 11.7 Å². The van der Waals surface area contributed by atoms with Gasteiger partial charge in [-0.05, 0) is 55.7 Å². The fraction of sp³-hybridized carbons (Fsp3) is 0.600. The number of hydrogen-bond acceptors (Lipinski definition) is 3. The highest BCUT2D eigenvalue weighted by Crippen LogP contribution is 2.39. The van der Waals surface area contributed by atoms with E-state index in [1.807, 2.05) is 17.9 Å². The number of benzene rings is 1. The minimum atomic E-state index is -0.0894. The van der Waals surface area contributed by atoms with Crippen LogP contribution >= 0.6 is 0 Å². The first-order chi connectivity index (χ1) is 12.1. The van der Waals surface area contributed by atoms with Gasteiger partial charge in [0.1, 0.15) is 5.75 Å². The van der Waals surface area contributed by atoms with Crippen LogP contribution in [-0.4, -0.2) is 51.9 Å². The summed E-state index contributed by atoms with van der Waals surface area (Å²) in [7, 11) is 0. The summed E-state index contributed by atoms with van der Waals surface area (Å²) in [6.07, 6.45) is 5.44. The number of amides is 2. The normalized spacial score (nSPS) is 26.5. The lowest BCUT2D eigenvalue weighted by Gasteiger charge is -2.47. The molecule has 0 radical (unpaired) electrons. The summed E-state index contributed by atoms with van der Waals surface area (Å²) in [5, 5.41) is 10.2. The van der Waals surface area contributed by atoms with E-state index in [1.165, 1.54) is 0 Å². The van der Waals surface area contributed by atoms with Gasteiger partial charge in [0.15, 0.2) is 0 Å². The zero-order valence-corrected chi connectivity index (χ0v) is 14.8. The third kappa shape index (κ3) is 3.00. The first-order valence-electron chi connectivity index (χ1n) is 9.50. The molecule has 0 bridgehead atoms. The number of piperidine rings is 2. The molecule has 1 aromatic carbocycles. The number of fused-ring (bicyclic) bond motifs is 1. The second-order valence-corrected chi connectivity index (χ2v) is 7.64. The standard InChI is InChI=1S/C20H26N2O3/c1-2-13-3-7-16(18(23)11-13)20(25)21-10-9-17-14(12-21)4-8-19(24)22(17)15-5-6-15/h3,7,11,14-15,17,23H,2,4-6,8-10,12H2,1H3/t14-,17-/m1/s1. The molecule has 3 fully saturated rings. The summed E-state index contributed by atoms with van der Waals surface area (Å²) in [5.41, 5.74) is 1.42. The van der Waals surface area contributed by atoms with Crippen molar-refractivity contribution in [1.29, 1.82) is 0 Å². The molecule has 1 aliphatic carbocycles. The SMILES string of the molecule is CCc1ccc(C(=O)N2CC[C@@H]3[C@H](CCC(=O)N3C3CC3)C2)c(O)c1. The Morgan fingerprint density at radius 3 is 2.72 bits per heavy atom. The van der Waals surface area contributed by atoms with Gasteiger partial charge in [0.25, 0.3) is 5.91 Å². The maximum Gasteiger partial charge on any atom is 0.257 e. The summed E-state index contributed by atoms with van der Waals surface area (Å²) >= 11 is 0. The Kier molecular flexibility index (Phi) is 4.18. The third-order valence-corrected chi connectivity index (χ3v) is 6.00. The molecule has 25 heavy (non-hydrogen) atoms. The van der Waals surface area contributed by atoms with Crippen molar-refractivity contribution in [2.24, 2.45) is 5.92 Å². The van der Waals surface area contributed by atoms with Crippen LogP contribution < -0.4 is 0 Å². The van der Waals surface area contributed by atoms with Crippen molar-refractivity contribution >= 4 is 11.8 Å². The van der Waals surface area contributed by atoms with Crippen molar-refractivity contribution in [2.75, 3.05) is 13.1 Å². The zero-order chi connectivity index (χ0) is 17.6. The largest absolute Gasteiger partial charge is 0.507 e. The third-order valence-electron chi connectivity index (χ3n) is 6.00. The van der Waals surface area contributed by atoms with Gasteiger partial charge in [0.2, 0.25) is 5.91 Å². The Hall–Kier alpha value is -2.04. The van der Waals surface area contributed by atoms with Gasteiger partial charge in [-0.3, -0.25) is 9.59 Å². The van der Waals surface area contributed by atoms with Gasteiger partial charge in [-0.1, -0.05) is 13.0 Å². The van der Waals surface area contributed by atoms with Gasteiger partial charge in [0, 0.05) is 31.6 Å². The van der Waals surface area contributed by atoms with Gasteiger partial charge < -0.3 is 14.9 Å². The molecule has 0 unspecified atom stereocenters. The van der Waals surface area contributed by atoms with E-state index in [0.717, 1.165) is 37.7 Å². The van der Waals surface area contributed by atoms with Gasteiger partial charge >= 0.3 is 0 Å². The second-order valence-electron chi connectivity index (χ2n) is 7.64. The number of nitrogens with zero attached hydrogens (tertiary/aromatic N) is 2. The second kappa shape index (κ2) is 6.36.